The fourth-order valence-electron chi connectivity index (χ4n) is 1.76. The molecule has 2 rings (SSSR count). The highest BCUT2D eigenvalue weighted by atomic mass is 79.9. The molecule has 1 aromatic heterocycles. The first-order valence-corrected chi connectivity index (χ1v) is 9.08. The minimum atomic E-state index is 0.157. The van der Waals surface area contributed by atoms with Crippen molar-refractivity contribution in [3.63, 3.8) is 0 Å². The average molecular weight is 519 g/mol. The van der Waals surface area contributed by atoms with Crippen LogP contribution in [0.3, 0.4) is 0 Å². The standard InChI is InChI=1S/C12H9Br4NS/c1-17-11(8-5-10(15)18-12(8)16)7-3-2-6(13)4-9(7)14/h2-5,11,17H,1H3. The molecule has 0 spiro atoms. The van der Waals surface area contributed by atoms with Gasteiger partial charge in [0.25, 0.3) is 0 Å². The quantitative estimate of drug-likeness (QED) is 0.517. The van der Waals surface area contributed by atoms with E-state index in [1.165, 1.54) is 11.1 Å². The zero-order chi connectivity index (χ0) is 13.3. The van der Waals surface area contributed by atoms with Crippen LogP contribution in [0.1, 0.15) is 17.2 Å². The van der Waals surface area contributed by atoms with Crippen LogP contribution in [-0.2, 0) is 0 Å². The van der Waals surface area contributed by atoms with Gasteiger partial charge in [-0.25, -0.2) is 0 Å². The molecule has 1 atom stereocenters. The second-order valence-electron chi connectivity index (χ2n) is 3.67. The first-order valence-electron chi connectivity index (χ1n) is 5.10. The zero-order valence-corrected chi connectivity index (χ0v) is 16.5. The average Bonchev–Trinajstić information content (AvgIpc) is 2.62. The number of nitrogens with one attached hydrogen (secondary N) is 1. The Labute approximate surface area is 144 Å². The lowest BCUT2D eigenvalue weighted by Gasteiger charge is -2.18. The van der Waals surface area contributed by atoms with Gasteiger partial charge in [-0.3, -0.25) is 0 Å². The van der Waals surface area contributed by atoms with Gasteiger partial charge in [-0.2, -0.15) is 0 Å². The fourth-order valence-corrected chi connectivity index (χ4v) is 5.94. The highest BCUT2D eigenvalue weighted by Gasteiger charge is 2.19. The van der Waals surface area contributed by atoms with E-state index in [1.54, 1.807) is 11.3 Å². The van der Waals surface area contributed by atoms with Crippen LogP contribution in [0.15, 0.2) is 40.8 Å². The number of thiophene rings is 1. The summed E-state index contributed by atoms with van der Waals surface area (Å²) in [5, 5.41) is 3.36. The van der Waals surface area contributed by atoms with E-state index in [1.807, 2.05) is 7.05 Å². The van der Waals surface area contributed by atoms with Crippen molar-refractivity contribution < 1.29 is 0 Å². The molecule has 18 heavy (non-hydrogen) atoms. The van der Waals surface area contributed by atoms with Crippen LogP contribution in [0.5, 0.6) is 0 Å². The second-order valence-corrected chi connectivity index (χ2v) is 9.19. The molecule has 1 aromatic carbocycles. The molecular formula is C12H9Br4NS. The summed E-state index contributed by atoms with van der Waals surface area (Å²) in [5.41, 5.74) is 2.45. The van der Waals surface area contributed by atoms with Gasteiger partial charge in [0.2, 0.25) is 0 Å². The molecule has 1 unspecified atom stereocenters. The lowest BCUT2D eigenvalue weighted by Crippen LogP contribution is -2.17. The predicted octanol–water partition coefficient (Wildman–Crippen LogP) is 6.11. The van der Waals surface area contributed by atoms with E-state index in [9.17, 15) is 0 Å². The van der Waals surface area contributed by atoms with E-state index in [4.69, 9.17) is 0 Å². The lowest BCUT2D eigenvalue weighted by molar-refractivity contribution is 0.689. The summed E-state index contributed by atoms with van der Waals surface area (Å²) < 4.78 is 4.42. The Hall–Kier alpha value is 0.800. The monoisotopic (exact) mass is 515 g/mol. The van der Waals surface area contributed by atoms with E-state index >= 15 is 0 Å². The first-order chi connectivity index (χ1) is 8.52. The van der Waals surface area contributed by atoms with Crippen LogP contribution in [0.25, 0.3) is 0 Å². The topological polar surface area (TPSA) is 12.0 Å². The summed E-state index contributed by atoms with van der Waals surface area (Å²) in [5.74, 6) is 0. The van der Waals surface area contributed by atoms with Crippen molar-refractivity contribution in [3.8, 4) is 0 Å². The third kappa shape index (κ3) is 3.27. The predicted molar refractivity (Wildman–Crippen MR) is 92.5 cm³/mol. The normalized spacial score (nSPS) is 12.7. The first kappa shape index (κ1) is 15.2. The minimum Gasteiger partial charge on any atom is -0.309 e. The molecule has 0 saturated carbocycles. The summed E-state index contributed by atoms with van der Waals surface area (Å²) in [7, 11) is 1.97. The van der Waals surface area contributed by atoms with Crippen LogP contribution < -0.4 is 5.32 Å². The molecule has 1 N–H and O–H groups in total. The third-order valence-corrected chi connectivity index (χ3v) is 6.12. The Balaban J connectivity index is 2.48. The molecule has 0 aliphatic rings. The van der Waals surface area contributed by atoms with Crippen molar-refractivity contribution in [1.82, 2.24) is 5.32 Å². The maximum atomic E-state index is 3.62. The molecule has 6 heteroatoms. The number of rotatable bonds is 3. The van der Waals surface area contributed by atoms with Gasteiger partial charge in [-0.05, 0) is 68.2 Å². The summed E-state index contributed by atoms with van der Waals surface area (Å²) in [6, 6.07) is 8.54. The van der Waals surface area contributed by atoms with Crippen molar-refractivity contribution in [2.75, 3.05) is 7.05 Å². The number of hydrogen-bond donors (Lipinski definition) is 1. The molecule has 1 nitrogen and oxygen atoms in total. The van der Waals surface area contributed by atoms with Crippen LogP contribution >= 0.6 is 75.1 Å². The van der Waals surface area contributed by atoms with Crippen molar-refractivity contribution in [3.05, 3.63) is 51.9 Å². The van der Waals surface area contributed by atoms with E-state index in [0.717, 1.165) is 16.5 Å². The van der Waals surface area contributed by atoms with Gasteiger partial charge in [0, 0.05) is 8.95 Å². The van der Waals surface area contributed by atoms with Gasteiger partial charge in [0.1, 0.15) is 0 Å². The Bertz CT molecular complexity index is 567. The van der Waals surface area contributed by atoms with Crippen molar-refractivity contribution in [1.29, 1.82) is 0 Å². The highest BCUT2D eigenvalue weighted by molar-refractivity contribution is 9.12. The second kappa shape index (κ2) is 6.50. The maximum Gasteiger partial charge on any atom is 0.0761 e. The molecular weight excluding hydrogens is 510 g/mol. The smallest absolute Gasteiger partial charge is 0.0761 e. The van der Waals surface area contributed by atoms with Crippen molar-refractivity contribution >= 4 is 75.1 Å². The molecule has 0 aliphatic carbocycles. The molecule has 0 saturated heterocycles. The maximum absolute atomic E-state index is 3.62. The molecule has 0 aliphatic heterocycles. The Morgan fingerprint density at radius 3 is 2.28 bits per heavy atom. The fraction of sp³-hybridized carbons (Fsp3) is 0.167. The van der Waals surface area contributed by atoms with Crippen molar-refractivity contribution in [2.45, 2.75) is 6.04 Å². The van der Waals surface area contributed by atoms with Crippen LogP contribution in [0.4, 0.5) is 0 Å². The molecule has 0 bridgehead atoms. The Morgan fingerprint density at radius 2 is 1.78 bits per heavy atom. The highest BCUT2D eigenvalue weighted by Crippen LogP contribution is 2.39. The third-order valence-electron chi connectivity index (χ3n) is 2.56. The molecule has 1 heterocycles. The molecule has 2 aromatic rings. The summed E-state index contributed by atoms with van der Waals surface area (Å²) in [6.07, 6.45) is 0. The van der Waals surface area contributed by atoms with E-state index < -0.39 is 0 Å². The number of hydrogen-bond acceptors (Lipinski definition) is 2. The lowest BCUT2D eigenvalue weighted by atomic mass is 10.0. The van der Waals surface area contributed by atoms with Gasteiger partial charge in [0.05, 0.1) is 13.6 Å². The van der Waals surface area contributed by atoms with Gasteiger partial charge in [-0.15, -0.1) is 11.3 Å². The van der Waals surface area contributed by atoms with Crippen LogP contribution in [-0.4, -0.2) is 7.05 Å². The van der Waals surface area contributed by atoms with Crippen molar-refractivity contribution in [2.24, 2.45) is 0 Å². The molecule has 0 amide bonds. The SMILES string of the molecule is CNC(c1ccc(Br)cc1Br)c1cc(Br)sc1Br. The van der Waals surface area contributed by atoms with E-state index in [-0.39, 0.29) is 6.04 Å². The summed E-state index contributed by atoms with van der Waals surface area (Å²) >= 11 is 15.9. The molecule has 96 valence electrons. The Morgan fingerprint density at radius 1 is 1.06 bits per heavy atom. The van der Waals surface area contributed by atoms with E-state index in [2.05, 4.69) is 93.3 Å². The van der Waals surface area contributed by atoms with Crippen LogP contribution in [0, 0.1) is 0 Å². The molecule has 0 radical (unpaired) electrons. The van der Waals surface area contributed by atoms with Gasteiger partial charge in [0.15, 0.2) is 0 Å². The zero-order valence-electron chi connectivity index (χ0n) is 9.31. The van der Waals surface area contributed by atoms with Gasteiger partial charge >= 0.3 is 0 Å². The van der Waals surface area contributed by atoms with Crippen LogP contribution in [0.2, 0.25) is 0 Å². The summed E-state index contributed by atoms with van der Waals surface area (Å²) in [6.45, 7) is 0. The van der Waals surface area contributed by atoms with Gasteiger partial charge < -0.3 is 5.32 Å². The number of benzene rings is 1. The van der Waals surface area contributed by atoms with E-state index in [0.29, 0.717) is 0 Å². The Kier molecular flexibility index (Phi) is 5.49. The number of halogens is 4. The molecule has 0 fully saturated rings. The minimum absolute atomic E-state index is 0.157. The van der Waals surface area contributed by atoms with Gasteiger partial charge in [-0.1, -0.05) is 37.9 Å². The summed E-state index contributed by atoms with van der Waals surface area (Å²) in [4.78, 5) is 0. The largest absolute Gasteiger partial charge is 0.309 e.